The first-order valence-electron chi connectivity index (χ1n) is 7.23. The molecule has 0 saturated carbocycles. The SMILES string of the molecule is CC(C)(C)O[Si](OC(C)(C)C)C(C)(C)c1ccccc1. The van der Waals surface area contributed by atoms with Gasteiger partial charge in [-0.2, -0.15) is 0 Å². The van der Waals surface area contributed by atoms with Crippen LogP contribution in [0.5, 0.6) is 0 Å². The van der Waals surface area contributed by atoms with Crippen molar-refractivity contribution in [3.63, 3.8) is 0 Å². The molecule has 1 aromatic rings. The lowest BCUT2D eigenvalue weighted by molar-refractivity contribution is 0.0230. The van der Waals surface area contributed by atoms with Gasteiger partial charge >= 0.3 is 9.28 Å². The Hall–Kier alpha value is -0.643. The van der Waals surface area contributed by atoms with Crippen LogP contribution in [-0.2, 0) is 13.9 Å². The van der Waals surface area contributed by atoms with Crippen molar-refractivity contribution in [2.45, 2.75) is 71.6 Å². The fourth-order valence-electron chi connectivity index (χ4n) is 1.80. The highest BCUT2D eigenvalue weighted by molar-refractivity contribution is 6.48. The van der Waals surface area contributed by atoms with Crippen molar-refractivity contribution in [2.24, 2.45) is 0 Å². The molecule has 0 amide bonds. The molecule has 3 heteroatoms. The molecule has 0 aliphatic rings. The Morgan fingerprint density at radius 3 is 1.45 bits per heavy atom. The molecule has 0 spiro atoms. The highest BCUT2D eigenvalue weighted by Gasteiger charge is 2.42. The summed E-state index contributed by atoms with van der Waals surface area (Å²) in [5.74, 6) is 0. The first kappa shape index (κ1) is 17.4. The molecule has 0 unspecified atom stereocenters. The van der Waals surface area contributed by atoms with Crippen LogP contribution in [0.15, 0.2) is 30.3 Å². The Balaban J connectivity index is 3.08. The maximum Gasteiger partial charge on any atom is 0.396 e. The van der Waals surface area contributed by atoms with Crippen molar-refractivity contribution in [2.75, 3.05) is 0 Å². The maximum absolute atomic E-state index is 6.31. The summed E-state index contributed by atoms with van der Waals surface area (Å²) in [6.45, 7) is 17.0. The molecule has 20 heavy (non-hydrogen) atoms. The average molecular weight is 294 g/mol. The van der Waals surface area contributed by atoms with Crippen LogP contribution in [0, 0.1) is 0 Å². The van der Waals surface area contributed by atoms with Gasteiger partial charge < -0.3 is 8.85 Å². The van der Waals surface area contributed by atoms with E-state index in [9.17, 15) is 0 Å². The first-order chi connectivity index (χ1) is 8.92. The van der Waals surface area contributed by atoms with Gasteiger partial charge in [0.05, 0.1) is 11.2 Å². The summed E-state index contributed by atoms with van der Waals surface area (Å²) in [6, 6.07) is 10.5. The monoisotopic (exact) mass is 293 g/mol. The zero-order chi connectivity index (χ0) is 15.6. The molecule has 1 radical (unpaired) electrons. The topological polar surface area (TPSA) is 18.5 Å². The molecule has 1 rings (SSSR count). The molecule has 0 aromatic heterocycles. The van der Waals surface area contributed by atoms with E-state index in [1.54, 1.807) is 0 Å². The Morgan fingerprint density at radius 1 is 0.700 bits per heavy atom. The summed E-state index contributed by atoms with van der Waals surface area (Å²) in [6.07, 6.45) is 0. The van der Waals surface area contributed by atoms with Crippen LogP contribution in [0.1, 0.15) is 61.0 Å². The fourth-order valence-corrected chi connectivity index (χ4v) is 3.87. The normalized spacial score (nSPS) is 13.8. The van der Waals surface area contributed by atoms with Gasteiger partial charge in [0.1, 0.15) is 0 Å². The minimum absolute atomic E-state index is 0.119. The second-order valence-electron chi connectivity index (χ2n) is 7.71. The van der Waals surface area contributed by atoms with Crippen LogP contribution < -0.4 is 0 Å². The molecule has 0 fully saturated rings. The third kappa shape index (κ3) is 5.39. The Morgan fingerprint density at radius 2 is 1.10 bits per heavy atom. The molecule has 0 N–H and O–H groups in total. The molecule has 113 valence electrons. The van der Waals surface area contributed by atoms with Crippen molar-refractivity contribution in [1.29, 1.82) is 0 Å². The van der Waals surface area contributed by atoms with E-state index < -0.39 is 9.28 Å². The van der Waals surface area contributed by atoms with E-state index in [2.05, 4.69) is 79.7 Å². The second kappa shape index (κ2) is 6.00. The summed E-state index contributed by atoms with van der Waals surface area (Å²) < 4.78 is 12.6. The molecule has 2 nitrogen and oxygen atoms in total. The lowest BCUT2D eigenvalue weighted by Gasteiger charge is -2.39. The molecular formula is C17H29O2Si. The van der Waals surface area contributed by atoms with E-state index in [1.165, 1.54) is 5.56 Å². The molecule has 0 aliphatic heterocycles. The van der Waals surface area contributed by atoms with Crippen LogP contribution in [0.2, 0.25) is 0 Å². The second-order valence-corrected chi connectivity index (χ2v) is 9.94. The van der Waals surface area contributed by atoms with Crippen LogP contribution in [-0.4, -0.2) is 20.5 Å². The Kier molecular flexibility index (Phi) is 5.22. The van der Waals surface area contributed by atoms with Crippen molar-refractivity contribution in [1.82, 2.24) is 0 Å². The molecular weight excluding hydrogens is 264 g/mol. The van der Waals surface area contributed by atoms with Gasteiger partial charge in [-0.05, 0) is 47.1 Å². The highest BCUT2D eigenvalue weighted by Crippen LogP contribution is 2.31. The Bertz CT molecular complexity index is 397. The van der Waals surface area contributed by atoms with Crippen molar-refractivity contribution in [3.05, 3.63) is 35.9 Å². The fraction of sp³-hybridized carbons (Fsp3) is 0.647. The predicted octanol–water partition coefficient (Wildman–Crippen LogP) is 4.62. The number of benzene rings is 1. The molecule has 0 saturated heterocycles. The zero-order valence-corrected chi connectivity index (χ0v) is 15.2. The van der Waals surface area contributed by atoms with Crippen molar-refractivity contribution < 1.29 is 8.85 Å². The summed E-state index contributed by atoms with van der Waals surface area (Å²) >= 11 is 0. The van der Waals surface area contributed by atoms with Gasteiger partial charge in [-0.1, -0.05) is 44.2 Å². The Labute approximate surface area is 126 Å². The van der Waals surface area contributed by atoms with E-state index in [1.807, 2.05) is 6.07 Å². The standard InChI is InChI=1S/C17H29O2Si/c1-15(2,3)18-20(19-16(4,5)6)17(7,8)14-12-10-9-11-13-14/h9-13H,1-8H3. The van der Waals surface area contributed by atoms with Crippen LogP contribution >= 0.6 is 0 Å². The quantitative estimate of drug-likeness (QED) is 0.754. The molecule has 0 atom stereocenters. The number of rotatable bonds is 4. The zero-order valence-electron chi connectivity index (χ0n) is 14.2. The van der Waals surface area contributed by atoms with Gasteiger partial charge in [-0.3, -0.25) is 0 Å². The summed E-state index contributed by atoms with van der Waals surface area (Å²) in [7, 11) is -1.49. The van der Waals surface area contributed by atoms with Crippen LogP contribution in [0.4, 0.5) is 0 Å². The largest absolute Gasteiger partial charge is 0.396 e. The van der Waals surface area contributed by atoms with E-state index in [4.69, 9.17) is 8.85 Å². The number of hydrogen-bond donors (Lipinski definition) is 0. The summed E-state index contributed by atoms with van der Waals surface area (Å²) in [4.78, 5) is 0. The minimum Gasteiger partial charge on any atom is -0.388 e. The maximum atomic E-state index is 6.31. The van der Waals surface area contributed by atoms with Crippen LogP contribution in [0.3, 0.4) is 0 Å². The summed E-state index contributed by atoms with van der Waals surface area (Å²) in [5.41, 5.74) is 0.861. The van der Waals surface area contributed by atoms with Gasteiger partial charge in [0, 0.05) is 5.04 Å². The summed E-state index contributed by atoms with van der Waals surface area (Å²) in [5, 5.41) is -0.119. The molecule has 0 heterocycles. The lowest BCUT2D eigenvalue weighted by atomic mass is 10.0. The average Bonchev–Trinajstić information content (AvgIpc) is 2.25. The van der Waals surface area contributed by atoms with Gasteiger partial charge in [0.25, 0.3) is 0 Å². The van der Waals surface area contributed by atoms with E-state index >= 15 is 0 Å². The van der Waals surface area contributed by atoms with Crippen molar-refractivity contribution in [3.8, 4) is 0 Å². The molecule has 1 aromatic carbocycles. The van der Waals surface area contributed by atoms with E-state index in [0.717, 1.165) is 0 Å². The third-order valence-electron chi connectivity index (χ3n) is 2.80. The predicted molar refractivity (Wildman–Crippen MR) is 86.9 cm³/mol. The van der Waals surface area contributed by atoms with Crippen LogP contribution in [0.25, 0.3) is 0 Å². The van der Waals surface area contributed by atoms with E-state index in [-0.39, 0.29) is 16.2 Å². The van der Waals surface area contributed by atoms with Crippen molar-refractivity contribution >= 4 is 9.28 Å². The van der Waals surface area contributed by atoms with Gasteiger partial charge in [0.15, 0.2) is 0 Å². The van der Waals surface area contributed by atoms with Gasteiger partial charge in [-0.15, -0.1) is 0 Å². The lowest BCUT2D eigenvalue weighted by Crippen LogP contribution is -2.50. The smallest absolute Gasteiger partial charge is 0.388 e. The van der Waals surface area contributed by atoms with E-state index in [0.29, 0.717) is 0 Å². The highest BCUT2D eigenvalue weighted by atomic mass is 28.3. The number of hydrogen-bond acceptors (Lipinski definition) is 2. The molecule has 0 aliphatic carbocycles. The minimum atomic E-state index is -1.49. The van der Waals surface area contributed by atoms with Gasteiger partial charge in [0.2, 0.25) is 0 Å². The first-order valence-corrected chi connectivity index (χ1v) is 8.54. The molecule has 0 bridgehead atoms. The van der Waals surface area contributed by atoms with Gasteiger partial charge in [-0.25, -0.2) is 0 Å². The third-order valence-corrected chi connectivity index (χ3v) is 5.71.